The van der Waals surface area contributed by atoms with Gasteiger partial charge in [0.1, 0.15) is 0 Å². The lowest BCUT2D eigenvalue weighted by Gasteiger charge is -2.55. The molecule has 0 heterocycles. The Balaban J connectivity index is 1.59. The van der Waals surface area contributed by atoms with E-state index < -0.39 is 12.5 Å². The third kappa shape index (κ3) is 3.50. The summed E-state index contributed by atoms with van der Waals surface area (Å²) >= 11 is 0. The summed E-state index contributed by atoms with van der Waals surface area (Å²) in [6, 6.07) is 0. The van der Waals surface area contributed by atoms with Crippen molar-refractivity contribution in [3.63, 3.8) is 0 Å². The maximum absolute atomic E-state index is 8.58. The molecule has 1 nitrogen and oxygen atoms in total. The molecule has 0 aromatic carbocycles. The highest BCUT2D eigenvalue weighted by Crippen LogP contribution is 2.65. The highest BCUT2D eigenvalue weighted by atomic mass is 16.3. The summed E-state index contributed by atoms with van der Waals surface area (Å²) in [7, 11) is 0. The molecule has 0 spiro atoms. The van der Waals surface area contributed by atoms with Crippen LogP contribution in [0.2, 0.25) is 0 Å². The summed E-state index contributed by atoms with van der Waals surface area (Å²) in [5, 5.41) is 4.76. The first-order chi connectivity index (χ1) is 15.0. The molecule has 1 unspecified atom stereocenters. The van der Waals surface area contributed by atoms with E-state index in [4.69, 9.17) is 9.28 Å². The van der Waals surface area contributed by atoms with Gasteiger partial charge in [-0.3, -0.25) is 0 Å². The molecule has 3 saturated carbocycles. The van der Waals surface area contributed by atoms with Crippen molar-refractivity contribution >= 4 is 0 Å². The quantitative estimate of drug-likeness (QED) is 0.480. The number of fused-ring (bicyclic) bond motifs is 5. The van der Waals surface area contributed by atoms with Crippen molar-refractivity contribution < 1.29 is 7.85 Å². The molecular formula is C28H44O. The monoisotopic (exact) mass is 399 g/mol. The predicted octanol–water partition coefficient (Wildman–Crippen LogP) is 7.33. The van der Waals surface area contributed by atoms with Gasteiger partial charge in [0.05, 0.1) is 7.45 Å². The Bertz CT molecular complexity index is 815. The average molecular weight is 400 g/mol. The van der Waals surface area contributed by atoms with Crippen molar-refractivity contribution in [2.45, 2.75) is 92.5 Å². The second kappa shape index (κ2) is 7.70. The molecule has 162 valence electrons. The van der Waals surface area contributed by atoms with Gasteiger partial charge in [-0.25, -0.2) is 0 Å². The van der Waals surface area contributed by atoms with E-state index in [1.165, 1.54) is 31.3 Å². The van der Waals surface area contributed by atoms with Crippen molar-refractivity contribution in [3.05, 3.63) is 35.5 Å². The zero-order valence-electron chi connectivity index (χ0n) is 22.5. The predicted molar refractivity (Wildman–Crippen MR) is 123 cm³/mol. The zero-order valence-corrected chi connectivity index (χ0v) is 19.5. The number of hydrogen-bond acceptors (Lipinski definition) is 1. The van der Waals surface area contributed by atoms with Crippen LogP contribution in [0.1, 0.15) is 89.2 Å². The van der Waals surface area contributed by atoms with Crippen LogP contribution in [-0.4, -0.2) is 12.6 Å². The highest BCUT2D eigenvalue weighted by molar-refractivity contribution is 5.39. The van der Waals surface area contributed by atoms with E-state index in [1.54, 1.807) is 5.57 Å². The lowest BCUT2D eigenvalue weighted by Crippen LogP contribution is -2.46. The fraction of sp³-hybridized carbons (Fsp3) is 0.786. The molecule has 9 atom stereocenters. The van der Waals surface area contributed by atoms with Crippen LogP contribution in [0.15, 0.2) is 35.5 Å². The molecule has 3 fully saturated rings. The van der Waals surface area contributed by atoms with Gasteiger partial charge in [0.15, 0.2) is 0 Å². The maximum Gasteiger partial charge on any atom is 0.210 e. The first-order valence-electron chi connectivity index (χ1n) is 13.6. The van der Waals surface area contributed by atoms with Crippen LogP contribution < -0.4 is 0 Å². The first-order valence-corrected chi connectivity index (χ1v) is 12.1. The Kier molecular flexibility index (Phi) is 4.73. The van der Waals surface area contributed by atoms with Gasteiger partial charge in [-0.1, -0.05) is 77.0 Å². The van der Waals surface area contributed by atoms with Crippen molar-refractivity contribution in [1.82, 2.24) is 0 Å². The van der Waals surface area contributed by atoms with E-state index in [1.807, 2.05) is 0 Å². The van der Waals surface area contributed by atoms with Crippen LogP contribution in [0, 0.1) is 46.3 Å². The summed E-state index contributed by atoms with van der Waals surface area (Å²) in [6.45, 7) is 14.3. The standard InChI is InChI=1S/C28H44O/c1-18(2)19(3)7-8-20(4)24-11-12-25-23-10-9-21-17-22(29)13-15-27(21,5)26(23)14-16-28(24,25)6/h7-10,18-20,22,24-26,29H,11-17H2,1-6H3/t19-,20+,22-,24+,25-,26-,27+,28+/m0/s1/i13D,22D,29D/t13?,19-,20+,22-,24+,25-,26-,27+,28+. The summed E-state index contributed by atoms with van der Waals surface area (Å²) in [6.07, 6.45) is 13.5. The van der Waals surface area contributed by atoms with Gasteiger partial charge in [-0.05, 0) is 91.3 Å². The average Bonchev–Trinajstić information content (AvgIpc) is 3.10. The minimum atomic E-state index is -1.42. The lowest BCUT2D eigenvalue weighted by molar-refractivity contribution is 0.0382. The van der Waals surface area contributed by atoms with Gasteiger partial charge in [0, 0.05) is 1.37 Å². The van der Waals surface area contributed by atoms with E-state index in [-0.39, 0.29) is 5.41 Å². The molecule has 4 rings (SSSR count). The molecule has 0 saturated heterocycles. The molecule has 0 aromatic rings. The van der Waals surface area contributed by atoms with Crippen molar-refractivity contribution in [3.8, 4) is 0 Å². The van der Waals surface area contributed by atoms with Crippen molar-refractivity contribution in [1.29, 1.82) is 1.43 Å². The highest BCUT2D eigenvalue weighted by Gasteiger charge is 2.56. The summed E-state index contributed by atoms with van der Waals surface area (Å²) in [5.41, 5.74) is 3.15. The minimum absolute atomic E-state index is 0.0583. The normalized spacial score (nSPS) is 50.5. The summed E-state index contributed by atoms with van der Waals surface area (Å²) < 4.78 is 24.4. The van der Waals surface area contributed by atoms with Gasteiger partial charge < -0.3 is 5.11 Å². The molecule has 1 heteroatoms. The molecule has 29 heavy (non-hydrogen) atoms. The fourth-order valence-corrected chi connectivity index (χ4v) is 7.26. The molecule has 4 aliphatic carbocycles. The van der Waals surface area contributed by atoms with E-state index in [9.17, 15) is 0 Å². The van der Waals surface area contributed by atoms with Gasteiger partial charge in [-0.15, -0.1) is 0 Å². The largest absolute Gasteiger partial charge is 0.393 e. The Hall–Kier alpha value is -0.820. The Labute approximate surface area is 184 Å². The number of hydrogen-bond donors (Lipinski definition) is 1. The molecule has 1 N–H and O–H groups in total. The van der Waals surface area contributed by atoms with Gasteiger partial charge in [-0.2, -0.15) is 0 Å². The van der Waals surface area contributed by atoms with E-state index >= 15 is 0 Å². The number of aliphatic hydroxyl groups is 1. The second-order valence-electron chi connectivity index (χ2n) is 11.5. The summed E-state index contributed by atoms with van der Waals surface area (Å²) in [4.78, 5) is 0. The lowest BCUT2D eigenvalue weighted by atomic mass is 9.50. The zero-order chi connectivity index (χ0) is 23.5. The van der Waals surface area contributed by atoms with Crippen LogP contribution in [0.5, 0.6) is 0 Å². The topological polar surface area (TPSA) is 20.2 Å². The van der Waals surface area contributed by atoms with Gasteiger partial charge >= 0.3 is 0 Å². The van der Waals surface area contributed by atoms with Crippen LogP contribution in [0.3, 0.4) is 0 Å². The molecule has 0 bridgehead atoms. The third-order valence-corrected chi connectivity index (χ3v) is 9.69. The Morgan fingerprint density at radius 1 is 1.10 bits per heavy atom. The van der Waals surface area contributed by atoms with E-state index in [0.717, 1.165) is 5.92 Å². The third-order valence-electron chi connectivity index (χ3n) is 9.69. The van der Waals surface area contributed by atoms with Crippen LogP contribution >= 0.6 is 0 Å². The smallest absolute Gasteiger partial charge is 0.210 e. The second-order valence-corrected chi connectivity index (χ2v) is 11.5. The van der Waals surface area contributed by atoms with Crippen molar-refractivity contribution in [2.24, 2.45) is 46.3 Å². The molecule has 4 aliphatic rings. The molecular weight excluding hydrogens is 352 g/mol. The summed E-state index contributed by atoms with van der Waals surface area (Å²) in [5.74, 6) is 3.78. The molecule has 0 radical (unpaired) electrons. The molecule has 0 aromatic heterocycles. The van der Waals surface area contributed by atoms with Crippen molar-refractivity contribution in [2.75, 3.05) is 0 Å². The fourth-order valence-electron chi connectivity index (χ4n) is 7.26. The Morgan fingerprint density at radius 2 is 1.90 bits per heavy atom. The number of allylic oxidation sites excluding steroid dienone is 5. The van der Waals surface area contributed by atoms with Crippen LogP contribution in [0.4, 0.5) is 0 Å². The number of rotatable bonds is 5. The minimum Gasteiger partial charge on any atom is -0.393 e. The van der Waals surface area contributed by atoms with E-state index in [0.29, 0.717) is 47.8 Å². The Morgan fingerprint density at radius 3 is 2.62 bits per heavy atom. The van der Waals surface area contributed by atoms with Crippen LogP contribution in [-0.2, 0) is 0 Å². The van der Waals surface area contributed by atoms with Crippen LogP contribution in [0.25, 0.3) is 0 Å². The van der Waals surface area contributed by atoms with Gasteiger partial charge in [0.2, 0.25) is 1.43 Å². The van der Waals surface area contributed by atoms with Gasteiger partial charge in [0.25, 0.3) is 0 Å². The maximum atomic E-state index is 8.58. The van der Waals surface area contributed by atoms with E-state index in [2.05, 4.69) is 65.8 Å². The SMILES string of the molecule is [2H]O[C@]1([2H])CC2=CC=C3[C@@H]4CC[C@H]([C@H](C)C=C[C@H](C)C(C)C)[C@@]4(C)CC[C@@H]3[C@]2(C)CC1[2H]. The molecule has 0 amide bonds. The first kappa shape index (κ1) is 17.8. The molecule has 0 aliphatic heterocycles.